The highest BCUT2D eigenvalue weighted by Crippen LogP contribution is 2.26. The van der Waals surface area contributed by atoms with Crippen LogP contribution in [0.4, 0.5) is 5.69 Å². The number of ether oxygens (including phenoxy) is 1. The van der Waals surface area contributed by atoms with Crippen molar-refractivity contribution < 1.29 is 17.9 Å². The first-order valence-corrected chi connectivity index (χ1v) is 9.37. The molecular formula is C16H22N2O4S. The molecule has 0 aliphatic carbocycles. The molecule has 2 heterocycles. The van der Waals surface area contributed by atoms with Crippen LogP contribution in [0.15, 0.2) is 29.2 Å². The first-order chi connectivity index (χ1) is 10.9. The van der Waals surface area contributed by atoms with Gasteiger partial charge in [0.05, 0.1) is 17.6 Å². The molecule has 1 amide bonds. The van der Waals surface area contributed by atoms with Crippen LogP contribution in [0.1, 0.15) is 26.7 Å². The monoisotopic (exact) mass is 338 g/mol. The number of morpholine rings is 1. The third-order valence-electron chi connectivity index (χ3n) is 4.38. The number of benzene rings is 1. The summed E-state index contributed by atoms with van der Waals surface area (Å²) in [6.45, 7) is 5.18. The summed E-state index contributed by atoms with van der Waals surface area (Å²) in [5.74, 6) is 0.0937. The van der Waals surface area contributed by atoms with E-state index in [1.54, 1.807) is 29.2 Å². The summed E-state index contributed by atoms with van der Waals surface area (Å²) >= 11 is 0. The molecule has 0 N–H and O–H groups in total. The van der Waals surface area contributed by atoms with E-state index in [4.69, 9.17) is 4.74 Å². The van der Waals surface area contributed by atoms with Gasteiger partial charge in [0.1, 0.15) is 0 Å². The number of amides is 1. The van der Waals surface area contributed by atoms with Gasteiger partial charge in [-0.1, -0.05) is 0 Å². The Hall–Kier alpha value is -1.44. The van der Waals surface area contributed by atoms with Gasteiger partial charge in [-0.15, -0.1) is 0 Å². The van der Waals surface area contributed by atoms with Crippen molar-refractivity contribution in [2.24, 2.45) is 0 Å². The number of rotatable bonds is 3. The molecule has 2 fully saturated rings. The summed E-state index contributed by atoms with van der Waals surface area (Å²) < 4.78 is 32.7. The average Bonchev–Trinajstić information content (AvgIpc) is 2.96. The summed E-state index contributed by atoms with van der Waals surface area (Å²) in [4.78, 5) is 13.7. The predicted molar refractivity (Wildman–Crippen MR) is 86.8 cm³/mol. The Morgan fingerprint density at radius 1 is 1.17 bits per heavy atom. The molecule has 1 aromatic carbocycles. The van der Waals surface area contributed by atoms with Crippen LogP contribution in [0.2, 0.25) is 0 Å². The van der Waals surface area contributed by atoms with Gasteiger partial charge in [0.15, 0.2) is 0 Å². The molecule has 2 aliphatic rings. The van der Waals surface area contributed by atoms with E-state index in [0.717, 1.165) is 12.1 Å². The molecule has 0 spiro atoms. The quantitative estimate of drug-likeness (QED) is 0.840. The van der Waals surface area contributed by atoms with Crippen molar-refractivity contribution in [3.63, 3.8) is 0 Å². The van der Waals surface area contributed by atoms with Crippen molar-refractivity contribution in [1.29, 1.82) is 0 Å². The number of sulfonamides is 1. The summed E-state index contributed by atoms with van der Waals surface area (Å²) in [5, 5.41) is 0. The number of hydrogen-bond acceptors (Lipinski definition) is 4. The minimum atomic E-state index is -3.55. The molecule has 126 valence electrons. The second kappa shape index (κ2) is 6.22. The van der Waals surface area contributed by atoms with Gasteiger partial charge in [0.2, 0.25) is 15.9 Å². The van der Waals surface area contributed by atoms with E-state index in [1.807, 2.05) is 13.8 Å². The summed E-state index contributed by atoms with van der Waals surface area (Å²) in [5.41, 5.74) is 0.759. The molecule has 7 heteroatoms. The third kappa shape index (κ3) is 3.13. The first-order valence-electron chi connectivity index (χ1n) is 7.93. The van der Waals surface area contributed by atoms with E-state index >= 15 is 0 Å². The summed E-state index contributed by atoms with van der Waals surface area (Å²) in [6, 6.07) is 6.41. The normalized spacial score (nSPS) is 26.7. The van der Waals surface area contributed by atoms with Crippen molar-refractivity contribution in [3.8, 4) is 0 Å². The Balaban J connectivity index is 1.84. The van der Waals surface area contributed by atoms with Crippen LogP contribution < -0.4 is 4.90 Å². The Kier molecular flexibility index (Phi) is 4.44. The Morgan fingerprint density at radius 3 is 2.48 bits per heavy atom. The number of anilines is 1. The topological polar surface area (TPSA) is 66.9 Å². The SMILES string of the molecule is C[C@@H]1CN(S(=O)(=O)c2ccc(N3CCCC3=O)cc2)[C@H](C)CO1. The molecule has 0 aromatic heterocycles. The first kappa shape index (κ1) is 16.4. The van der Waals surface area contributed by atoms with E-state index in [0.29, 0.717) is 26.1 Å². The lowest BCUT2D eigenvalue weighted by Crippen LogP contribution is -2.50. The van der Waals surface area contributed by atoms with Crippen molar-refractivity contribution in [1.82, 2.24) is 4.31 Å². The Bertz CT molecular complexity index is 687. The van der Waals surface area contributed by atoms with Crippen molar-refractivity contribution in [3.05, 3.63) is 24.3 Å². The molecule has 2 aliphatic heterocycles. The molecule has 0 radical (unpaired) electrons. The zero-order valence-corrected chi connectivity index (χ0v) is 14.3. The van der Waals surface area contributed by atoms with Crippen LogP contribution in [-0.4, -0.2) is 50.5 Å². The van der Waals surface area contributed by atoms with Crippen LogP contribution in [0.25, 0.3) is 0 Å². The van der Waals surface area contributed by atoms with Crippen LogP contribution in [-0.2, 0) is 19.6 Å². The number of carbonyl (C=O) groups excluding carboxylic acids is 1. The fraction of sp³-hybridized carbons (Fsp3) is 0.562. The zero-order chi connectivity index (χ0) is 16.6. The maximum absolute atomic E-state index is 12.8. The summed E-state index contributed by atoms with van der Waals surface area (Å²) in [6.07, 6.45) is 1.30. The van der Waals surface area contributed by atoms with E-state index < -0.39 is 10.0 Å². The highest BCUT2D eigenvalue weighted by atomic mass is 32.2. The third-order valence-corrected chi connectivity index (χ3v) is 6.37. The molecule has 0 saturated carbocycles. The Morgan fingerprint density at radius 2 is 1.87 bits per heavy atom. The van der Waals surface area contributed by atoms with Crippen molar-refractivity contribution in [2.45, 2.75) is 43.7 Å². The van der Waals surface area contributed by atoms with Crippen LogP contribution >= 0.6 is 0 Å². The molecule has 6 nitrogen and oxygen atoms in total. The van der Waals surface area contributed by atoms with Gasteiger partial charge in [0.25, 0.3) is 0 Å². The number of carbonyl (C=O) groups is 1. The molecule has 3 rings (SSSR count). The highest BCUT2D eigenvalue weighted by Gasteiger charge is 2.34. The molecule has 1 aromatic rings. The van der Waals surface area contributed by atoms with Gasteiger partial charge in [-0.05, 0) is 44.5 Å². The molecular weight excluding hydrogens is 316 g/mol. The van der Waals surface area contributed by atoms with Crippen LogP contribution in [0.3, 0.4) is 0 Å². The van der Waals surface area contributed by atoms with Gasteiger partial charge in [-0.25, -0.2) is 8.42 Å². The van der Waals surface area contributed by atoms with Gasteiger partial charge >= 0.3 is 0 Å². The predicted octanol–water partition coefficient (Wildman–Crippen LogP) is 1.61. The van der Waals surface area contributed by atoms with E-state index in [-0.39, 0.29) is 22.9 Å². The minimum absolute atomic E-state index is 0.0937. The standard InChI is InChI=1S/C16H22N2O4S/c1-12-11-22-13(2)10-18(12)23(20,21)15-7-5-14(6-8-15)17-9-3-4-16(17)19/h5-8,12-13H,3-4,9-11H2,1-2H3/t12-,13-/m1/s1. The molecule has 0 unspecified atom stereocenters. The largest absolute Gasteiger partial charge is 0.375 e. The van der Waals surface area contributed by atoms with E-state index in [1.165, 1.54) is 4.31 Å². The minimum Gasteiger partial charge on any atom is -0.375 e. The lowest BCUT2D eigenvalue weighted by atomic mass is 10.2. The van der Waals surface area contributed by atoms with E-state index in [2.05, 4.69) is 0 Å². The van der Waals surface area contributed by atoms with Crippen LogP contribution in [0.5, 0.6) is 0 Å². The van der Waals surface area contributed by atoms with Gasteiger partial charge in [0, 0.05) is 31.2 Å². The smallest absolute Gasteiger partial charge is 0.243 e. The zero-order valence-electron chi connectivity index (χ0n) is 13.4. The number of hydrogen-bond donors (Lipinski definition) is 0. The lowest BCUT2D eigenvalue weighted by molar-refractivity contribution is -0.117. The maximum Gasteiger partial charge on any atom is 0.243 e. The molecule has 2 atom stereocenters. The molecule has 2 saturated heterocycles. The van der Waals surface area contributed by atoms with E-state index in [9.17, 15) is 13.2 Å². The van der Waals surface area contributed by atoms with Gasteiger partial charge < -0.3 is 9.64 Å². The maximum atomic E-state index is 12.8. The van der Waals surface area contributed by atoms with Crippen LogP contribution in [0, 0.1) is 0 Å². The van der Waals surface area contributed by atoms with Crippen molar-refractivity contribution in [2.75, 3.05) is 24.6 Å². The molecule has 23 heavy (non-hydrogen) atoms. The van der Waals surface area contributed by atoms with Gasteiger partial charge in [-0.3, -0.25) is 4.79 Å². The lowest BCUT2D eigenvalue weighted by Gasteiger charge is -2.35. The highest BCUT2D eigenvalue weighted by molar-refractivity contribution is 7.89. The average molecular weight is 338 g/mol. The fourth-order valence-electron chi connectivity index (χ4n) is 3.06. The van der Waals surface area contributed by atoms with Gasteiger partial charge in [-0.2, -0.15) is 4.31 Å². The summed E-state index contributed by atoms with van der Waals surface area (Å²) in [7, 11) is -3.55. The fourth-order valence-corrected chi connectivity index (χ4v) is 4.75. The van der Waals surface area contributed by atoms with Crippen molar-refractivity contribution >= 4 is 21.6 Å². The molecule has 0 bridgehead atoms. The second-order valence-corrected chi connectivity index (χ2v) is 8.10. The Labute approximate surface area is 137 Å². The second-order valence-electron chi connectivity index (χ2n) is 6.21. The number of nitrogens with zero attached hydrogens (tertiary/aromatic N) is 2.